The van der Waals surface area contributed by atoms with Crippen molar-refractivity contribution < 1.29 is 18.3 Å². The van der Waals surface area contributed by atoms with E-state index in [1.54, 1.807) is 36.5 Å². The van der Waals surface area contributed by atoms with E-state index in [1.165, 1.54) is 17.1 Å². The van der Waals surface area contributed by atoms with Gasteiger partial charge in [-0.15, -0.1) is 0 Å². The molecule has 1 fully saturated rings. The molecule has 0 aliphatic carbocycles. The minimum Gasteiger partial charge on any atom is -0.457 e. The van der Waals surface area contributed by atoms with Crippen LogP contribution in [0.3, 0.4) is 0 Å². The second-order valence-electron chi connectivity index (χ2n) is 9.04. The van der Waals surface area contributed by atoms with Crippen LogP contribution in [-0.2, 0) is 11.3 Å². The number of hydrogen-bond acceptors (Lipinski definition) is 6. The molecule has 1 aliphatic rings. The van der Waals surface area contributed by atoms with E-state index in [4.69, 9.17) is 9.47 Å². The van der Waals surface area contributed by atoms with Gasteiger partial charge in [0.15, 0.2) is 0 Å². The summed E-state index contributed by atoms with van der Waals surface area (Å²) in [6.07, 6.45) is 5.07. The maximum atomic E-state index is 14.0. The fraction of sp³-hybridized carbons (Fsp3) is 0.296. The lowest BCUT2D eigenvalue weighted by Gasteiger charge is -2.27. The van der Waals surface area contributed by atoms with Crippen molar-refractivity contribution in [2.75, 3.05) is 31.7 Å². The van der Waals surface area contributed by atoms with Crippen LogP contribution in [0.2, 0.25) is 0 Å². The molecule has 2 aromatic heterocycles. The lowest BCUT2D eigenvalue weighted by Crippen LogP contribution is -2.30. The van der Waals surface area contributed by atoms with Crippen LogP contribution in [-0.4, -0.2) is 46.1 Å². The van der Waals surface area contributed by atoms with Crippen LogP contribution in [0.1, 0.15) is 18.4 Å². The van der Waals surface area contributed by atoms with Crippen LogP contribution < -0.4 is 15.3 Å². The lowest BCUT2D eigenvalue weighted by atomic mass is 10.00. The number of rotatable bonds is 8. The first-order valence-corrected chi connectivity index (χ1v) is 12.1. The van der Waals surface area contributed by atoms with E-state index >= 15 is 0 Å². The van der Waals surface area contributed by atoms with Gasteiger partial charge in [-0.25, -0.2) is 18.6 Å². The van der Waals surface area contributed by atoms with Gasteiger partial charge in [-0.1, -0.05) is 6.07 Å². The normalized spacial score (nSPS) is 14.0. The Morgan fingerprint density at radius 2 is 1.78 bits per heavy atom. The number of halogens is 2. The smallest absolute Gasteiger partial charge is 0.350 e. The molecule has 4 aromatic rings. The van der Waals surface area contributed by atoms with Crippen LogP contribution in [0.15, 0.2) is 71.9 Å². The van der Waals surface area contributed by atoms with Gasteiger partial charge < -0.3 is 14.4 Å². The van der Waals surface area contributed by atoms with Crippen LogP contribution in [0.5, 0.6) is 11.5 Å². The monoisotopic (exact) mass is 507 g/mol. The summed E-state index contributed by atoms with van der Waals surface area (Å²) in [6, 6.07) is 14.1. The summed E-state index contributed by atoms with van der Waals surface area (Å²) in [5.41, 5.74) is -0.206. The Bertz CT molecular complexity index is 1390. The highest BCUT2D eigenvalue weighted by molar-refractivity contribution is 5.45. The van der Waals surface area contributed by atoms with E-state index in [-0.39, 0.29) is 12.1 Å². The molecule has 0 spiro atoms. The summed E-state index contributed by atoms with van der Waals surface area (Å²) < 4.78 is 41.7. The fourth-order valence-corrected chi connectivity index (χ4v) is 4.35. The topological polar surface area (TPSA) is 74.4 Å². The van der Waals surface area contributed by atoms with Gasteiger partial charge in [0.2, 0.25) is 0 Å². The van der Waals surface area contributed by atoms with Crippen LogP contribution in [0, 0.1) is 17.6 Å². The highest BCUT2D eigenvalue weighted by Crippen LogP contribution is 2.26. The van der Waals surface area contributed by atoms with E-state index in [2.05, 4.69) is 15.0 Å². The zero-order valence-electron chi connectivity index (χ0n) is 20.4. The van der Waals surface area contributed by atoms with E-state index in [0.717, 1.165) is 55.1 Å². The minimum atomic E-state index is -0.713. The van der Waals surface area contributed by atoms with Gasteiger partial charge in [0, 0.05) is 44.6 Å². The number of nitrogens with zero attached hydrogens (tertiary/aromatic N) is 5. The first-order chi connectivity index (χ1) is 18.0. The number of aromatic nitrogens is 4. The third-order valence-corrected chi connectivity index (χ3v) is 6.42. The van der Waals surface area contributed by atoms with Crippen molar-refractivity contribution in [3.63, 3.8) is 0 Å². The average Bonchev–Trinajstić information content (AvgIpc) is 3.27. The van der Waals surface area contributed by atoms with Gasteiger partial charge in [-0.3, -0.25) is 4.57 Å². The summed E-state index contributed by atoms with van der Waals surface area (Å²) in [5.74, 6) is 1.20. The highest BCUT2D eigenvalue weighted by Gasteiger charge is 2.17. The molecule has 192 valence electrons. The van der Waals surface area contributed by atoms with Gasteiger partial charge in [-0.2, -0.15) is 9.78 Å². The molecule has 0 unspecified atom stereocenters. The molecule has 37 heavy (non-hydrogen) atoms. The van der Waals surface area contributed by atoms with Crippen molar-refractivity contribution in [1.29, 1.82) is 0 Å². The van der Waals surface area contributed by atoms with E-state index < -0.39 is 17.3 Å². The summed E-state index contributed by atoms with van der Waals surface area (Å²) in [4.78, 5) is 19.4. The third-order valence-electron chi connectivity index (χ3n) is 6.42. The number of ether oxygens (including phenoxy) is 2. The lowest BCUT2D eigenvalue weighted by molar-refractivity contribution is 0.0685. The molecule has 3 heterocycles. The van der Waals surface area contributed by atoms with Gasteiger partial charge in [0.25, 0.3) is 0 Å². The van der Waals surface area contributed by atoms with E-state index in [0.29, 0.717) is 23.1 Å². The molecule has 0 radical (unpaired) electrons. The SMILES string of the molecule is CN(CC1CCOCC1)c1cc(Oc2ccc(-n3ncn(Cc4c(F)cccc4F)c3=O)cc2)ccn1. The van der Waals surface area contributed by atoms with Crippen LogP contribution >= 0.6 is 0 Å². The molecule has 8 nitrogen and oxygen atoms in total. The molecular formula is C27H27F2N5O3. The summed E-state index contributed by atoms with van der Waals surface area (Å²) in [6.45, 7) is 2.26. The third kappa shape index (κ3) is 5.69. The average molecular weight is 508 g/mol. The number of hydrogen-bond donors (Lipinski definition) is 0. The van der Waals surface area contributed by atoms with Gasteiger partial charge in [0.05, 0.1) is 12.2 Å². The zero-order chi connectivity index (χ0) is 25.8. The van der Waals surface area contributed by atoms with E-state index in [1.807, 2.05) is 13.1 Å². The maximum Gasteiger partial charge on any atom is 0.350 e. The van der Waals surface area contributed by atoms with Crippen molar-refractivity contribution in [2.24, 2.45) is 5.92 Å². The molecule has 0 amide bonds. The highest BCUT2D eigenvalue weighted by atomic mass is 19.1. The summed E-state index contributed by atoms with van der Waals surface area (Å²) in [5, 5.41) is 4.09. The molecular weight excluding hydrogens is 480 g/mol. The Labute approximate surface area is 212 Å². The van der Waals surface area contributed by atoms with Crippen molar-refractivity contribution in [3.8, 4) is 17.2 Å². The molecule has 10 heteroatoms. The Morgan fingerprint density at radius 1 is 1.05 bits per heavy atom. The van der Waals surface area contributed by atoms with Crippen LogP contribution in [0.25, 0.3) is 5.69 Å². The quantitative estimate of drug-likeness (QED) is 0.352. The standard InChI is InChI=1S/C27H27F2N5O3/c1-32(16-19-10-13-36-14-11-19)26-15-22(9-12-30-26)37-21-7-5-20(6-8-21)34-27(35)33(18-31-34)17-23-24(28)3-2-4-25(23)29/h2-9,12,15,18-19H,10-11,13-14,16-17H2,1H3. The Balaban J connectivity index is 1.26. The number of pyridine rings is 1. The second kappa shape index (κ2) is 10.9. The maximum absolute atomic E-state index is 14.0. The predicted molar refractivity (Wildman–Crippen MR) is 134 cm³/mol. The number of benzene rings is 2. The molecule has 2 aromatic carbocycles. The molecule has 0 atom stereocenters. The molecule has 0 N–H and O–H groups in total. The first-order valence-electron chi connectivity index (χ1n) is 12.1. The van der Waals surface area contributed by atoms with Crippen molar-refractivity contribution >= 4 is 5.82 Å². The number of anilines is 1. The molecule has 5 rings (SSSR count). The van der Waals surface area contributed by atoms with Gasteiger partial charge in [0.1, 0.15) is 35.3 Å². The Morgan fingerprint density at radius 3 is 2.51 bits per heavy atom. The molecule has 0 bridgehead atoms. The second-order valence-corrected chi connectivity index (χ2v) is 9.04. The molecule has 1 aliphatic heterocycles. The van der Waals surface area contributed by atoms with Crippen molar-refractivity contribution in [1.82, 2.24) is 19.3 Å². The Hall–Kier alpha value is -4.05. The Kier molecular flexibility index (Phi) is 7.27. The zero-order valence-corrected chi connectivity index (χ0v) is 20.4. The summed E-state index contributed by atoms with van der Waals surface area (Å²) >= 11 is 0. The van der Waals surface area contributed by atoms with Gasteiger partial charge in [-0.05, 0) is 61.2 Å². The van der Waals surface area contributed by atoms with Crippen LogP contribution in [0.4, 0.5) is 14.6 Å². The van der Waals surface area contributed by atoms with Crippen molar-refractivity contribution in [2.45, 2.75) is 19.4 Å². The van der Waals surface area contributed by atoms with Crippen molar-refractivity contribution in [3.05, 3.63) is 94.8 Å². The minimum absolute atomic E-state index is 0.192. The fourth-order valence-electron chi connectivity index (χ4n) is 4.35. The largest absolute Gasteiger partial charge is 0.457 e. The molecule has 0 saturated carbocycles. The van der Waals surface area contributed by atoms with Gasteiger partial charge >= 0.3 is 5.69 Å². The summed E-state index contributed by atoms with van der Waals surface area (Å²) in [7, 11) is 2.02. The molecule has 1 saturated heterocycles. The van der Waals surface area contributed by atoms with E-state index in [9.17, 15) is 13.6 Å². The first kappa shape index (κ1) is 24.6. The predicted octanol–water partition coefficient (Wildman–Crippen LogP) is 4.41.